The first-order chi connectivity index (χ1) is 7.02. The normalized spacial score (nSPS) is 15.6. The Labute approximate surface area is 101 Å². The Bertz CT molecular complexity index is 276. The van der Waals surface area contributed by atoms with E-state index in [0.29, 0.717) is 14.2 Å². The maximum atomic E-state index is 13.3. The quantitative estimate of drug-likeness (QED) is 0.565. The van der Waals surface area contributed by atoms with Gasteiger partial charge in [-0.2, -0.15) is 4.39 Å². The van der Waals surface area contributed by atoms with E-state index in [4.69, 9.17) is 0 Å². The summed E-state index contributed by atoms with van der Waals surface area (Å²) in [6, 6.07) is 0. The lowest BCUT2D eigenvalue weighted by Gasteiger charge is -2.29. The molecule has 0 spiro atoms. The van der Waals surface area contributed by atoms with Gasteiger partial charge in [0.25, 0.3) is 0 Å². The third-order valence-electron chi connectivity index (χ3n) is 1.38. The fraction of sp³-hybridized carbons (Fsp3) is 1.00. The molecule has 1 unspecified atom stereocenters. The lowest BCUT2D eigenvalue weighted by atomic mass is 10.7. The van der Waals surface area contributed by atoms with Crippen LogP contribution in [0.3, 0.4) is 0 Å². The van der Waals surface area contributed by atoms with Crippen molar-refractivity contribution in [3.05, 3.63) is 0 Å². The highest BCUT2D eigenvalue weighted by molar-refractivity contribution is 7.55. The molecule has 0 aromatic carbocycles. The zero-order chi connectivity index (χ0) is 13.2. The van der Waals surface area contributed by atoms with Crippen molar-refractivity contribution in [2.24, 2.45) is 0 Å². The summed E-state index contributed by atoms with van der Waals surface area (Å²) in [5.41, 5.74) is -4.91. The Morgan fingerprint density at radius 3 is 1.50 bits per heavy atom. The van der Waals surface area contributed by atoms with Gasteiger partial charge < -0.3 is 9.05 Å². The second-order valence-electron chi connectivity index (χ2n) is 2.32. The van der Waals surface area contributed by atoms with E-state index in [1.54, 1.807) is 0 Å². The van der Waals surface area contributed by atoms with Crippen molar-refractivity contribution in [3.8, 4) is 0 Å². The Balaban J connectivity index is -0.00000112. The van der Waals surface area contributed by atoms with E-state index in [1.165, 1.54) is 0 Å². The molecule has 0 bridgehead atoms. The molecule has 0 aromatic heterocycles. The molecular weight excluding hydrogens is 293 g/mol. The molecule has 114 valence electrons. The Kier molecular flexibility index (Phi) is 9.29. The Morgan fingerprint density at radius 2 is 1.33 bits per heavy atom. The van der Waals surface area contributed by atoms with Crippen LogP contribution in [0.4, 0.5) is 26.3 Å². The van der Waals surface area contributed by atoms with Crippen LogP contribution in [-0.2, 0) is 18.3 Å². The highest BCUT2D eigenvalue weighted by Gasteiger charge is 2.65. The van der Waals surface area contributed by atoms with Gasteiger partial charge in [0, 0.05) is 14.2 Å². The van der Waals surface area contributed by atoms with E-state index in [1.807, 2.05) is 0 Å². The predicted molar refractivity (Wildman–Crippen MR) is 52.1 cm³/mol. The topological polar surface area (TPSA) is 44.8 Å². The monoisotopic (exact) mass is 308 g/mol. The molecule has 0 aliphatic heterocycles. The molecule has 0 aliphatic carbocycles. The molecule has 0 saturated carbocycles. The van der Waals surface area contributed by atoms with Crippen LogP contribution < -0.4 is 0 Å². The Morgan fingerprint density at radius 1 is 1.00 bits per heavy atom. The number of halogens is 6. The Hall–Kier alpha value is -0.310. The minimum absolute atomic E-state index is 0. The zero-order valence-electron chi connectivity index (χ0n) is 7.93. The lowest BCUT2D eigenvalue weighted by Crippen LogP contribution is -2.41. The van der Waals surface area contributed by atoms with Crippen LogP contribution in [0.5, 0.6) is 0 Å². The fourth-order valence-electron chi connectivity index (χ4n) is 0.706. The summed E-state index contributed by atoms with van der Waals surface area (Å²) in [5.74, 6) is 0. The lowest BCUT2D eigenvalue weighted by molar-refractivity contribution is -0.391. The average molecular weight is 308 g/mol. The van der Waals surface area contributed by atoms with Gasteiger partial charge in [0.1, 0.15) is 0 Å². The number of hydrogen-bond acceptors (Lipinski definition) is 4. The molecule has 4 nitrogen and oxygen atoms in total. The van der Waals surface area contributed by atoms with E-state index in [2.05, 4.69) is 13.8 Å². The fourth-order valence-corrected chi connectivity index (χ4v) is 1.81. The molecule has 18 heavy (non-hydrogen) atoms. The van der Waals surface area contributed by atoms with Crippen LogP contribution in [0.2, 0.25) is 0 Å². The summed E-state index contributed by atoms with van der Waals surface area (Å²) in [4.78, 5) is 0. The van der Waals surface area contributed by atoms with Crippen molar-refractivity contribution in [2.45, 2.75) is 33.2 Å². The summed E-state index contributed by atoms with van der Waals surface area (Å²) in [7, 11) is -4.52. The third-order valence-corrected chi connectivity index (χ3v) is 3.38. The van der Waals surface area contributed by atoms with Gasteiger partial charge in [-0.3, -0.25) is 4.57 Å². The van der Waals surface area contributed by atoms with Gasteiger partial charge in [0.05, 0.1) is 0 Å². The van der Waals surface area contributed by atoms with Gasteiger partial charge in [-0.1, -0.05) is 14.9 Å². The van der Waals surface area contributed by atoms with Crippen LogP contribution in [0.15, 0.2) is 0 Å². The first-order valence-electron chi connectivity index (χ1n) is 3.48. The second kappa shape index (κ2) is 7.32. The van der Waals surface area contributed by atoms with Crippen LogP contribution >= 0.6 is 7.60 Å². The molecule has 0 aliphatic rings. The van der Waals surface area contributed by atoms with E-state index in [-0.39, 0.29) is 14.9 Å². The van der Waals surface area contributed by atoms with Crippen molar-refractivity contribution in [1.29, 1.82) is 0 Å². The molecule has 0 radical (unpaired) electrons. The maximum absolute atomic E-state index is 13.3. The van der Waals surface area contributed by atoms with Gasteiger partial charge >= 0.3 is 26.0 Å². The molecule has 0 rings (SSSR count). The summed E-state index contributed by atoms with van der Waals surface area (Å²) >= 11 is 0. The first kappa shape index (κ1) is 22.8. The van der Waals surface area contributed by atoms with Crippen molar-refractivity contribution >= 4 is 7.60 Å². The molecule has 0 saturated heterocycles. The number of alkyl halides is 6. The molecular formula is C7H15F6O4P. The molecule has 0 N–H and O–H groups in total. The van der Waals surface area contributed by atoms with Crippen LogP contribution in [0.25, 0.3) is 0 Å². The SMILES string of the molecule is C.C.COP(=O)(OC)C(F)(OC(F)(F)F)C(F)F. The van der Waals surface area contributed by atoms with Crippen molar-refractivity contribution in [2.75, 3.05) is 14.2 Å². The summed E-state index contributed by atoms with van der Waals surface area (Å²) in [5, 5.41) is 0. The van der Waals surface area contributed by atoms with E-state index >= 15 is 0 Å². The maximum Gasteiger partial charge on any atom is 0.525 e. The highest BCUT2D eigenvalue weighted by Crippen LogP contribution is 2.64. The van der Waals surface area contributed by atoms with Crippen LogP contribution in [-0.4, -0.2) is 32.6 Å². The molecule has 0 heterocycles. The smallest absolute Gasteiger partial charge is 0.308 e. The standard InChI is InChI=1S/C5H7F6O4P.2CH4/c1-13-16(12,14-2)4(8,3(6)7)15-5(9,10)11;;/h3H,1-2H3;2*1H4. The van der Waals surface area contributed by atoms with Gasteiger partial charge in [0.2, 0.25) is 0 Å². The van der Waals surface area contributed by atoms with E-state index < -0.39 is 26.0 Å². The zero-order valence-corrected chi connectivity index (χ0v) is 8.82. The summed E-state index contributed by atoms with van der Waals surface area (Å²) in [6.07, 6.45) is -10.1. The molecule has 11 heteroatoms. The first-order valence-corrected chi connectivity index (χ1v) is 5.02. The van der Waals surface area contributed by atoms with Crippen LogP contribution in [0, 0.1) is 0 Å². The average Bonchev–Trinajstić information content (AvgIpc) is 2.13. The minimum atomic E-state index is -5.77. The van der Waals surface area contributed by atoms with Gasteiger partial charge in [-0.05, 0) is 0 Å². The predicted octanol–water partition coefficient (Wildman–Crippen LogP) is 4.17. The largest absolute Gasteiger partial charge is 0.525 e. The van der Waals surface area contributed by atoms with Gasteiger partial charge in [0.15, 0.2) is 0 Å². The van der Waals surface area contributed by atoms with E-state index in [9.17, 15) is 30.9 Å². The van der Waals surface area contributed by atoms with Gasteiger partial charge in [-0.15, -0.1) is 13.2 Å². The molecule has 0 aromatic rings. The van der Waals surface area contributed by atoms with Crippen molar-refractivity contribution in [3.63, 3.8) is 0 Å². The van der Waals surface area contributed by atoms with Crippen LogP contribution in [0.1, 0.15) is 14.9 Å². The van der Waals surface area contributed by atoms with Crippen molar-refractivity contribution < 1.29 is 44.7 Å². The molecule has 1 atom stereocenters. The summed E-state index contributed by atoms with van der Waals surface area (Å²) in [6.45, 7) is 0. The highest BCUT2D eigenvalue weighted by atomic mass is 31.2. The third kappa shape index (κ3) is 4.75. The number of hydrogen-bond donors (Lipinski definition) is 0. The number of ether oxygens (including phenoxy) is 1. The van der Waals surface area contributed by atoms with E-state index in [0.717, 1.165) is 0 Å². The van der Waals surface area contributed by atoms with Gasteiger partial charge in [-0.25, -0.2) is 13.5 Å². The molecule has 0 fully saturated rings. The summed E-state index contributed by atoms with van der Waals surface area (Å²) < 4.78 is 93.7. The van der Waals surface area contributed by atoms with Crippen molar-refractivity contribution in [1.82, 2.24) is 0 Å². The second-order valence-corrected chi connectivity index (χ2v) is 4.66. The minimum Gasteiger partial charge on any atom is -0.308 e. The molecule has 0 amide bonds. The number of rotatable bonds is 5.